The number of carbonyl (C=O) groups is 1. The number of nitrogens with zero attached hydrogens (tertiary/aromatic N) is 3. The second-order valence-corrected chi connectivity index (χ2v) is 9.05. The van der Waals surface area contributed by atoms with Gasteiger partial charge in [0.1, 0.15) is 17.5 Å². The monoisotopic (exact) mass is 417 g/mol. The molecule has 1 aromatic carbocycles. The first-order valence-corrected chi connectivity index (χ1v) is 10.6. The molecule has 0 spiro atoms. The molecule has 0 N–H and O–H groups in total. The van der Waals surface area contributed by atoms with Crippen LogP contribution in [0.1, 0.15) is 22.8 Å². The molecule has 2 saturated heterocycles. The Morgan fingerprint density at radius 1 is 1.39 bits per heavy atom. The quantitative estimate of drug-likeness (QED) is 0.648. The fraction of sp³-hybridized carbons (Fsp3) is 0.316. The molecule has 2 aliphatic rings. The third-order valence-electron chi connectivity index (χ3n) is 5.17. The van der Waals surface area contributed by atoms with Gasteiger partial charge in [-0.15, -0.1) is 0 Å². The van der Waals surface area contributed by atoms with Crippen molar-refractivity contribution in [2.75, 3.05) is 12.3 Å². The van der Waals surface area contributed by atoms with Gasteiger partial charge in [-0.05, 0) is 30.7 Å². The van der Waals surface area contributed by atoms with Crippen LogP contribution < -0.4 is 4.74 Å². The summed E-state index contributed by atoms with van der Waals surface area (Å²) in [7, 11) is -0.810. The first-order chi connectivity index (χ1) is 13.6. The highest BCUT2D eigenvalue weighted by Crippen LogP contribution is 2.32. The number of halogens is 1. The van der Waals surface area contributed by atoms with Gasteiger partial charge in [-0.3, -0.25) is 14.0 Å². The second-order valence-electron chi connectivity index (χ2n) is 6.88. The average Bonchev–Trinajstić information content (AvgIpc) is 3.42. The number of likely N-dealkylation sites (tertiary alicyclic amines) is 1. The molecule has 1 amide bonds. The molecule has 3 unspecified atom stereocenters. The van der Waals surface area contributed by atoms with Crippen LogP contribution in [0.4, 0.5) is 0 Å². The highest BCUT2D eigenvalue weighted by atomic mass is 35.5. The van der Waals surface area contributed by atoms with Crippen LogP contribution >= 0.6 is 11.6 Å². The largest absolute Gasteiger partial charge is 0.482 e. The minimum atomic E-state index is -0.810. The third-order valence-corrected chi connectivity index (χ3v) is 7.29. The molecule has 0 radical (unpaired) electrons. The average molecular weight is 418 g/mol. The Labute approximate surface area is 168 Å². The molecule has 4 heterocycles. The number of carbonyl (C=O) groups excluding carboxylic acids is 1. The van der Waals surface area contributed by atoms with E-state index in [9.17, 15) is 9.00 Å². The molecule has 9 heteroatoms. The summed E-state index contributed by atoms with van der Waals surface area (Å²) in [6, 6.07) is 7.22. The number of amides is 1. The van der Waals surface area contributed by atoms with Crippen molar-refractivity contribution in [3.63, 3.8) is 0 Å². The summed E-state index contributed by atoms with van der Waals surface area (Å²) in [5.41, 5.74) is 0.898. The van der Waals surface area contributed by atoms with Crippen LogP contribution in [0.3, 0.4) is 0 Å². The molecule has 2 aliphatic heterocycles. The molecular weight excluding hydrogens is 402 g/mol. The van der Waals surface area contributed by atoms with E-state index in [0.717, 1.165) is 11.8 Å². The molecule has 28 heavy (non-hydrogen) atoms. The van der Waals surface area contributed by atoms with Crippen molar-refractivity contribution < 1.29 is 18.2 Å². The van der Waals surface area contributed by atoms with E-state index < -0.39 is 10.8 Å². The zero-order chi connectivity index (χ0) is 19.3. The maximum atomic E-state index is 12.7. The third kappa shape index (κ3) is 2.97. The van der Waals surface area contributed by atoms with Crippen LogP contribution in [0.25, 0.3) is 10.9 Å². The molecule has 0 aliphatic carbocycles. The van der Waals surface area contributed by atoms with Crippen molar-refractivity contribution >= 4 is 39.2 Å². The second kappa shape index (κ2) is 6.86. The molecule has 2 fully saturated rings. The van der Waals surface area contributed by atoms with E-state index in [1.807, 2.05) is 12.1 Å². The SMILES string of the molecule is O=C(c1coc(COc2ccc(Cl)c3cccnc23)n1)N1CC2CC1CS2=O. The molecule has 0 saturated carbocycles. The van der Waals surface area contributed by atoms with E-state index in [0.29, 0.717) is 34.5 Å². The molecule has 5 rings (SSSR count). The van der Waals surface area contributed by atoms with Gasteiger partial charge in [0, 0.05) is 40.7 Å². The Morgan fingerprint density at radius 2 is 2.29 bits per heavy atom. The minimum absolute atomic E-state index is 0.0428. The number of pyridine rings is 1. The molecule has 7 nitrogen and oxygen atoms in total. The Balaban J connectivity index is 1.30. The highest BCUT2D eigenvalue weighted by Gasteiger charge is 2.45. The molecule has 2 bridgehead atoms. The Bertz CT molecular complexity index is 1100. The predicted octanol–water partition coefficient (Wildman–Crippen LogP) is 2.80. The minimum Gasteiger partial charge on any atom is -0.482 e. The van der Waals surface area contributed by atoms with E-state index in [-0.39, 0.29) is 29.5 Å². The fourth-order valence-electron chi connectivity index (χ4n) is 3.79. The standard InChI is InChI=1S/C19H16ClN3O4S/c20-14-3-4-16(18-13(14)2-1-5-21-18)26-9-17-22-15(8-27-17)19(24)23-7-12-6-11(23)10-28(12)25/h1-5,8,11-12H,6-7,9-10H2. The zero-order valence-corrected chi connectivity index (χ0v) is 16.3. The van der Waals surface area contributed by atoms with Gasteiger partial charge in [0.15, 0.2) is 12.3 Å². The van der Waals surface area contributed by atoms with Crippen LogP contribution in [0.2, 0.25) is 5.02 Å². The maximum Gasteiger partial charge on any atom is 0.276 e. The van der Waals surface area contributed by atoms with Gasteiger partial charge in [0.25, 0.3) is 5.91 Å². The number of hydrogen-bond donors (Lipinski definition) is 0. The van der Waals surface area contributed by atoms with Gasteiger partial charge in [0.05, 0.1) is 10.3 Å². The van der Waals surface area contributed by atoms with Crippen LogP contribution in [-0.4, -0.2) is 48.6 Å². The summed E-state index contributed by atoms with van der Waals surface area (Å²) >= 11 is 6.19. The van der Waals surface area contributed by atoms with Crippen LogP contribution in [0.15, 0.2) is 41.1 Å². The Kier molecular flexibility index (Phi) is 4.32. The first-order valence-electron chi connectivity index (χ1n) is 8.89. The summed E-state index contributed by atoms with van der Waals surface area (Å²) in [5.74, 6) is 1.24. The van der Waals surface area contributed by atoms with E-state index >= 15 is 0 Å². The van der Waals surface area contributed by atoms with E-state index in [2.05, 4.69) is 9.97 Å². The normalized spacial score (nSPS) is 23.5. The number of benzene rings is 1. The van der Waals surface area contributed by atoms with Crippen molar-refractivity contribution in [3.05, 3.63) is 53.3 Å². The van der Waals surface area contributed by atoms with Crippen molar-refractivity contribution in [1.82, 2.24) is 14.9 Å². The fourth-order valence-corrected chi connectivity index (χ4v) is 5.73. The van der Waals surface area contributed by atoms with Crippen LogP contribution in [-0.2, 0) is 17.4 Å². The number of rotatable bonds is 4. The summed E-state index contributed by atoms with van der Waals surface area (Å²) in [5, 5.41) is 1.49. The predicted molar refractivity (Wildman–Crippen MR) is 104 cm³/mol. The van der Waals surface area contributed by atoms with Gasteiger partial charge >= 0.3 is 0 Å². The van der Waals surface area contributed by atoms with Gasteiger partial charge in [-0.1, -0.05) is 11.6 Å². The van der Waals surface area contributed by atoms with Crippen molar-refractivity contribution in [2.24, 2.45) is 0 Å². The van der Waals surface area contributed by atoms with Crippen molar-refractivity contribution in [2.45, 2.75) is 24.3 Å². The van der Waals surface area contributed by atoms with Crippen LogP contribution in [0.5, 0.6) is 5.75 Å². The summed E-state index contributed by atoms with van der Waals surface area (Å²) in [4.78, 5) is 23.0. The highest BCUT2D eigenvalue weighted by molar-refractivity contribution is 7.86. The lowest BCUT2D eigenvalue weighted by Crippen LogP contribution is -2.42. The van der Waals surface area contributed by atoms with E-state index in [4.69, 9.17) is 20.8 Å². The van der Waals surface area contributed by atoms with E-state index in [1.165, 1.54) is 6.26 Å². The Hall–Kier alpha value is -2.45. The van der Waals surface area contributed by atoms with Crippen molar-refractivity contribution in [3.8, 4) is 5.75 Å². The number of ether oxygens (including phenoxy) is 1. The first kappa shape index (κ1) is 17.6. The Morgan fingerprint density at radius 3 is 3.07 bits per heavy atom. The summed E-state index contributed by atoms with van der Waals surface area (Å²) in [6.45, 7) is 0.591. The van der Waals surface area contributed by atoms with Gasteiger partial charge in [-0.2, -0.15) is 0 Å². The smallest absolute Gasteiger partial charge is 0.276 e. The number of oxazole rings is 1. The maximum absolute atomic E-state index is 12.7. The number of fused-ring (bicyclic) bond motifs is 3. The topological polar surface area (TPSA) is 85.5 Å². The van der Waals surface area contributed by atoms with Gasteiger partial charge in [0.2, 0.25) is 5.89 Å². The lowest BCUT2D eigenvalue weighted by atomic mass is 10.2. The lowest BCUT2D eigenvalue weighted by Gasteiger charge is -2.25. The van der Waals surface area contributed by atoms with Crippen LogP contribution in [0, 0.1) is 0 Å². The summed E-state index contributed by atoms with van der Waals surface area (Å²) < 4.78 is 23.0. The molecular formula is C19H16ClN3O4S. The zero-order valence-electron chi connectivity index (χ0n) is 14.7. The van der Waals surface area contributed by atoms with E-state index in [1.54, 1.807) is 23.2 Å². The molecule has 3 aromatic rings. The number of hydrogen-bond acceptors (Lipinski definition) is 6. The summed E-state index contributed by atoms with van der Waals surface area (Å²) in [6.07, 6.45) is 3.83. The van der Waals surface area contributed by atoms with Crippen molar-refractivity contribution in [1.29, 1.82) is 0 Å². The molecule has 144 valence electrons. The lowest BCUT2D eigenvalue weighted by molar-refractivity contribution is 0.0740. The van der Waals surface area contributed by atoms with Gasteiger partial charge in [-0.25, -0.2) is 4.98 Å². The molecule has 2 aromatic heterocycles. The molecule has 3 atom stereocenters. The number of aromatic nitrogens is 2. The van der Waals surface area contributed by atoms with Gasteiger partial charge < -0.3 is 14.1 Å².